The molecule has 3 amide bonds. The Morgan fingerprint density at radius 3 is 2.57 bits per heavy atom. The zero-order chi connectivity index (χ0) is 25.9. The fourth-order valence-corrected chi connectivity index (χ4v) is 5.96. The molecule has 4 rings (SSSR count). The quantitative estimate of drug-likeness (QED) is 0.469. The number of piperidine rings is 1. The van der Waals surface area contributed by atoms with E-state index in [0.717, 1.165) is 37.1 Å². The molecule has 3 aliphatic rings. The van der Waals surface area contributed by atoms with Crippen molar-refractivity contribution in [3.8, 4) is 0 Å². The molecule has 37 heavy (non-hydrogen) atoms. The van der Waals surface area contributed by atoms with E-state index < -0.39 is 6.04 Å². The standard InChI is InChI=1S/C29H43N5O3/c1-2-19-37-29(24-11-7-4-8-12-24)14-17-34(18-15-29)27(35)26(20-23-9-5-3-6-10-23)33-28(36)31-16-13-25-21-30-22-32-25/h3,5-6,9-10,21,24,26H,2,4,7-8,11-20,22H2,1H3,(H2,31,33,36)/t26-/m1/s1. The van der Waals surface area contributed by atoms with Crippen molar-refractivity contribution >= 4 is 23.9 Å². The fraction of sp³-hybridized carbons (Fsp3) is 0.655. The van der Waals surface area contributed by atoms with Crippen molar-refractivity contribution in [2.75, 3.05) is 32.9 Å². The highest BCUT2D eigenvalue weighted by molar-refractivity contribution is 6.31. The summed E-state index contributed by atoms with van der Waals surface area (Å²) in [7, 11) is 0. The molecule has 0 radical (unpaired) electrons. The van der Waals surface area contributed by atoms with Gasteiger partial charge in [-0.15, -0.1) is 0 Å². The molecule has 2 N–H and O–H groups in total. The van der Waals surface area contributed by atoms with Crippen molar-refractivity contribution in [3.63, 3.8) is 0 Å². The topological polar surface area (TPSA) is 95.4 Å². The zero-order valence-electron chi connectivity index (χ0n) is 22.3. The first-order valence-electron chi connectivity index (χ1n) is 14.1. The summed E-state index contributed by atoms with van der Waals surface area (Å²) in [4.78, 5) is 36.7. The molecule has 1 aromatic rings. The Kier molecular flexibility index (Phi) is 10.1. The lowest BCUT2D eigenvalue weighted by molar-refractivity contribution is -0.149. The monoisotopic (exact) mass is 509 g/mol. The Morgan fingerprint density at radius 2 is 1.89 bits per heavy atom. The first kappa shape index (κ1) is 27.3. The van der Waals surface area contributed by atoms with Crippen LogP contribution in [0.5, 0.6) is 0 Å². The fourth-order valence-electron chi connectivity index (χ4n) is 5.96. The van der Waals surface area contributed by atoms with Crippen LogP contribution in [0.25, 0.3) is 0 Å². The van der Waals surface area contributed by atoms with E-state index in [4.69, 9.17) is 4.74 Å². The average molecular weight is 510 g/mol. The molecule has 202 valence electrons. The Hall–Kier alpha value is -2.74. The molecule has 2 fully saturated rings. The summed E-state index contributed by atoms with van der Waals surface area (Å²) in [6.07, 6.45) is 11.9. The lowest BCUT2D eigenvalue weighted by atomic mass is 9.72. The smallest absolute Gasteiger partial charge is 0.315 e. The molecule has 2 aliphatic heterocycles. The number of aliphatic imine (C=N–C) groups is 2. The second-order valence-electron chi connectivity index (χ2n) is 10.6. The molecular formula is C29H43N5O3. The van der Waals surface area contributed by atoms with E-state index in [9.17, 15) is 9.59 Å². The molecule has 0 bridgehead atoms. The number of nitrogens with zero attached hydrogens (tertiary/aromatic N) is 3. The van der Waals surface area contributed by atoms with Crippen LogP contribution in [-0.2, 0) is 16.0 Å². The Morgan fingerprint density at radius 1 is 1.14 bits per heavy atom. The number of hydrogen-bond donors (Lipinski definition) is 2. The number of rotatable bonds is 11. The summed E-state index contributed by atoms with van der Waals surface area (Å²) in [6, 6.07) is 8.94. The third-order valence-electron chi connectivity index (χ3n) is 8.01. The van der Waals surface area contributed by atoms with E-state index in [2.05, 4.69) is 27.5 Å². The average Bonchev–Trinajstić information content (AvgIpc) is 3.46. The molecule has 1 aromatic carbocycles. The maximum Gasteiger partial charge on any atom is 0.315 e. The van der Waals surface area contributed by atoms with E-state index >= 15 is 0 Å². The van der Waals surface area contributed by atoms with Gasteiger partial charge >= 0.3 is 6.03 Å². The van der Waals surface area contributed by atoms with Gasteiger partial charge in [0.05, 0.1) is 11.3 Å². The summed E-state index contributed by atoms with van der Waals surface area (Å²) >= 11 is 0. The Labute approximate surface area is 221 Å². The second kappa shape index (κ2) is 13.7. The van der Waals surface area contributed by atoms with Crippen LogP contribution in [0, 0.1) is 5.92 Å². The largest absolute Gasteiger partial charge is 0.375 e. The minimum Gasteiger partial charge on any atom is -0.375 e. The summed E-state index contributed by atoms with van der Waals surface area (Å²) in [5.74, 6) is 0.572. The van der Waals surface area contributed by atoms with Crippen LogP contribution in [-0.4, -0.2) is 73.3 Å². The Balaban J connectivity index is 1.38. The third-order valence-corrected chi connectivity index (χ3v) is 8.01. The highest BCUT2D eigenvalue weighted by atomic mass is 16.5. The number of carbonyl (C=O) groups is 2. The van der Waals surface area contributed by atoms with Gasteiger partial charge in [0.15, 0.2) is 0 Å². The van der Waals surface area contributed by atoms with Gasteiger partial charge in [0.25, 0.3) is 0 Å². The van der Waals surface area contributed by atoms with Gasteiger partial charge in [-0.05, 0) is 43.6 Å². The van der Waals surface area contributed by atoms with Gasteiger partial charge in [-0.3, -0.25) is 14.8 Å². The molecule has 1 aliphatic carbocycles. The van der Waals surface area contributed by atoms with Crippen molar-refractivity contribution in [2.24, 2.45) is 15.9 Å². The zero-order valence-corrected chi connectivity index (χ0v) is 22.3. The Bertz CT molecular complexity index is 934. The molecule has 1 atom stereocenters. The van der Waals surface area contributed by atoms with E-state index in [-0.39, 0.29) is 17.5 Å². The van der Waals surface area contributed by atoms with E-state index in [0.29, 0.717) is 45.1 Å². The van der Waals surface area contributed by atoms with Crippen molar-refractivity contribution < 1.29 is 14.3 Å². The number of urea groups is 1. The number of benzene rings is 1. The number of amides is 3. The van der Waals surface area contributed by atoms with Gasteiger partial charge in [-0.2, -0.15) is 0 Å². The van der Waals surface area contributed by atoms with E-state index in [1.807, 2.05) is 35.2 Å². The molecule has 2 heterocycles. The van der Waals surface area contributed by atoms with Gasteiger partial charge < -0.3 is 20.3 Å². The first-order chi connectivity index (χ1) is 18.1. The highest BCUT2D eigenvalue weighted by Crippen LogP contribution is 2.42. The van der Waals surface area contributed by atoms with Crippen LogP contribution in [0.2, 0.25) is 0 Å². The van der Waals surface area contributed by atoms with Crippen LogP contribution in [0.1, 0.15) is 70.3 Å². The molecule has 0 aromatic heterocycles. The molecule has 0 spiro atoms. The number of nitrogens with one attached hydrogen (secondary N) is 2. The third kappa shape index (κ3) is 7.63. The molecule has 1 saturated heterocycles. The predicted octanol–water partition coefficient (Wildman–Crippen LogP) is 4.14. The van der Waals surface area contributed by atoms with Crippen molar-refractivity contribution in [2.45, 2.75) is 82.8 Å². The lowest BCUT2D eigenvalue weighted by Crippen LogP contribution is -2.57. The summed E-state index contributed by atoms with van der Waals surface area (Å²) in [5, 5.41) is 5.84. The van der Waals surface area contributed by atoms with Crippen LogP contribution in [0.3, 0.4) is 0 Å². The maximum absolute atomic E-state index is 13.7. The number of ether oxygens (including phenoxy) is 1. The van der Waals surface area contributed by atoms with Gasteiger partial charge in [-0.25, -0.2) is 4.79 Å². The van der Waals surface area contributed by atoms with Crippen LogP contribution in [0.4, 0.5) is 4.79 Å². The van der Waals surface area contributed by atoms with Gasteiger partial charge in [-0.1, -0.05) is 56.5 Å². The number of hydrogen-bond acceptors (Lipinski definition) is 5. The summed E-state index contributed by atoms with van der Waals surface area (Å²) in [5.41, 5.74) is 1.80. The molecule has 0 unspecified atom stereocenters. The SMILES string of the molecule is CCCOC1(C2CCCCC2)CCN(C(=O)[C@@H](Cc2ccccc2)NC(=O)NCCC2=NCN=C2)CC1. The normalized spacial score (nSPS) is 20.4. The minimum atomic E-state index is -0.619. The van der Waals surface area contributed by atoms with Gasteiger partial charge in [0.2, 0.25) is 5.91 Å². The number of carbonyl (C=O) groups excluding carboxylic acids is 2. The van der Waals surface area contributed by atoms with Crippen LogP contribution < -0.4 is 10.6 Å². The molecule has 8 heteroatoms. The molecule has 1 saturated carbocycles. The molecular weight excluding hydrogens is 466 g/mol. The van der Waals surface area contributed by atoms with Gasteiger partial charge in [0.1, 0.15) is 12.7 Å². The molecule has 8 nitrogen and oxygen atoms in total. The van der Waals surface area contributed by atoms with E-state index in [1.54, 1.807) is 6.21 Å². The lowest BCUT2D eigenvalue weighted by Gasteiger charge is -2.48. The van der Waals surface area contributed by atoms with E-state index in [1.165, 1.54) is 32.1 Å². The van der Waals surface area contributed by atoms with Crippen molar-refractivity contribution in [1.82, 2.24) is 15.5 Å². The van der Waals surface area contributed by atoms with Gasteiger partial charge in [0, 0.05) is 45.3 Å². The highest BCUT2D eigenvalue weighted by Gasteiger charge is 2.44. The second-order valence-corrected chi connectivity index (χ2v) is 10.6. The van der Waals surface area contributed by atoms with Crippen LogP contribution >= 0.6 is 0 Å². The maximum atomic E-state index is 13.7. The van der Waals surface area contributed by atoms with Crippen LogP contribution in [0.15, 0.2) is 40.3 Å². The minimum absolute atomic E-state index is 0.0148. The van der Waals surface area contributed by atoms with Crippen molar-refractivity contribution in [1.29, 1.82) is 0 Å². The first-order valence-corrected chi connectivity index (χ1v) is 14.1. The summed E-state index contributed by atoms with van der Waals surface area (Å²) < 4.78 is 6.56. The summed E-state index contributed by atoms with van der Waals surface area (Å²) in [6.45, 7) is 5.20. The predicted molar refractivity (Wildman–Crippen MR) is 147 cm³/mol. The number of likely N-dealkylation sites (tertiary alicyclic amines) is 1. The van der Waals surface area contributed by atoms with Crippen molar-refractivity contribution in [3.05, 3.63) is 35.9 Å².